The SMILES string of the molecule is NC(=O)C[C@H](NC(=O)c1cc([N+](=O)[O-])ccc1Cl)C(=O)O. The van der Waals surface area contributed by atoms with Crippen LogP contribution in [0.15, 0.2) is 18.2 Å². The number of amides is 2. The fourth-order valence-electron chi connectivity index (χ4n) is 1.44. The highest BCUT2D eigenvalue weighted by atomic mass is 35.5. The number of nitrogens with two attached hydrogens (primary N) is 1. The topological polar surface area (TPSA) is 153 Å². The number of non-ortho nitro benzene ring substituents is 1. The van der Waals surface area contributed by atoms with Gasteiger partial charge in [-0.3, -0.25) is 19.7 Å². The number of nitrogens with zero attached hydrogens (tertiary/aromatic N) is 1. The van der Waals surface area contributed by atoms with Crippen molar-refractivity contribution < 1.29 is 24.4 Å². The Morgan fingerprint density at radius 2 is 2.05 bits per heavy atom. The van der Waals surface area contributed by atoms with E-state index in [0.717, 1.165) is 18.2 Å². The third-order valence-corrected chi connectivity index (χ3v) is 2.74. The summed E-state index contributed by atoms with van der Waals surface area (Å²) in [6.07, 6.45) is -0.617. The van der Waals surface area contributed by atoms with Crippen molar-refractivity contribution in [2.75, 3.05) is 0 Å². The number of hydrogen-bond acceptors (Lipinski definition) is 5. The van der Waals surface area contributed by atoms with Crippen molar-refractivity contribution >= 4 is 35.1 Å². The number of benzene rings is 1. The van der Waals surface area contributed by atoms with Gasteiger partial charge in [0.15, 0.2) is 0 Å². The number of halogens is 1. The van der Waals surface area contributed by atoms with Crippen molar-refractivity contribution in [1.29, 1.82) is 0 Å². The predicted octanol–water partition coefficient (Wildman–Crippen LogP) is 0.307. The number of carboxylic acids is 1. The van der Waals surface area contributed by atoms with Crippen molar-refractivity contribution in [3.05, 3.63) is 38.9 Å². The number of primary amides is 1. The number of hydrogen-bond donors (Lipinski definition) is 3. The lowest BCUT2D eigenvalue weighted by molar-refractivity contribution is -0.384. The van der Waals surface area contributed by atoms with Gasteiger partial charge in [-0.15, -0.1) is 0 Å². The molecule has 9 nitrogen and oxygen atoms in total. The quantitative estimate of drug-likeness (QED) is 0.507. The summed E-state index contributed by atoms with van der Waals surface area (Å²) in [4.78, 5) is 43.4. The van der Waals surface area contributed by atoms with Gasteiger partial charge >= 0.3 is 5.97 Å². The molecule has 0 heterocycles. The molecule has 1 atom stereocenters. The molecule has 0 aromatic heterocycles. The zero-order valence-corrected chi connectivity index (χ0v) is 11.2. The molecule has 0 aliphatic heterocycles. The molecule has 112 valence electrons. The van der Waals surface area contributed by atoms with Crippen LogP contribution in [0.4, 0.5) is 5.69 Å². The Bertz CT molecular complexity index is 618. The second-order valence-electron chi connectivity index (χ2n) is 3.96. The smallest absolute Gasteiger partial charge is 0.326 e. The largest absolute Gasteiger partial charge is 0.480 e. The lowest BCUT2D eigenvalue weighted by atomic mass is 10.1. The van der Waals surface area contributed by atoms with Crippen LogP contribution in [-0.4, -0.2) is 33.9 Å². The Kier molecular flexibility index (Phi) is 5.19. The molecule has 21 heavy (non-hydrogen) atoms. The second kappa shape index (κ2) is 6.66. The van der Waals surface area contributed by atoms with Crippen molar-refractivity contribution in [2.24, 2.45) is 5.73 Å². The van der Waals surface area contributed by atoms with Crippen LogP contribution in [0.3, 0.4) is 0 Å². The van der Waals surface area contributed by atoms with E-state index in [0.29, 0.717) is 0 Å². The van der Waals surface area contributed by atoms with Crippen molar-refractivity contribution in [3.63, 3.8) is 0 Å². The van der Waals surface area contributed by atoms with Gasteiger partial charge in [-0.1, -0.05) is 11.6 Å². The van der Waals surface area contributed by atoms with Crippen LogP contribution in [0.2, 0.25) is 5.02 Å². The van der Waals surface area contributed by atoms with Crippen molar-refractivity contribution in [1.82, 2.24) is 5.32 Å². The summed E-state index contributed by atoms with van der Waals surface area (Å²) in [6, 6.07) is 1.58. The Hall–Kier alpha value is -2.68. The number of nitrogens with one attached hydrogen (secondary N) is 1. The van der Waals surface area contributed by atoms with Crippen LogP contribution < -0.4 is 11.1 Å². The molecule has 1 aromatic rings. The van der Waals surface area contributed by atoms with Gasteiger partial charge in [0, 0.05) is 12.1 Å². The van der Waals surface area contributed by atoms with Crippen LogP contribution in [0, 0.1) is 10.1 Å². The van der Waals surface area contributed by atoms with Crippen molar-refractivity contribution in [2.45, 2.75) is 12.5 Å². The standard InChI is InChI=1S/C11H10ClN3O6/c12-7-2-1-5(15(20)21)3-6(7)10(17)14-8(11(18)19)4-9(13)16/h1-3,8H,4H2,(H2,13,16)(H,14,17)(H,18,19)/t8-/m0/s1. The number of nitro groups is 1. The summed E-state index contributed by atoms with van der Waals surface area (Å²) in [6.45, 7) is 0. The van der Waals surface area contributed by atoms with Crippen LogP contribution in [0.25, 0.3) is 0 Å². The molecule has 0 aliphatic carbocycles. The lowest BCUT2D eigenvalue weighted by Gasteiger charge is -2.13. The molecule has 1 rings (SSSR count). The fourth-order valence-corrected chi connectivity index (χ4v) is 1.64. The molecular weight excluding hydrogens is 306 g/mol. The first-order chi connectivity index (χ1) is 9.72. The molecule has 4 N–H and O–H groups in total. The van der Waals surface area contributed by atoms with Gasteiger partial charge in [-0.2, -0.15) is 0 Å². The first kappa shape index (κ1) is 16.4. The van der Waals surface area contributed by atoms with Crippen LogP contribution in [-0.2, 0) is 9.59 Å². The predicted molar refractivity (Wildman–Crippen MR) is 70.8 cm³/mol. The minimum absolute atomic E-state index is 0.0960. The first-order valence-electron chi connectivity index (χ1n) is 5.48. The van der Waals surface area contributed by atoms with E-state index in [9.17, 15) is 24.5 Å². The summed E-state index contributed by atoms with van der Waals surface area (Å²) in [5, 5.41) is 21.4. The van der Waals surface area contributed by atoms with Gasteiger partial charge in [-0.05, 0) is 6.07 Å². The second-order valence-corrected chi connectivity index (χ2v) is 4.36. The number of carbonyl (C=O) groups is 3. The van der Waals surface area contributed by atoms with Gasteiger partial charge in [0.25, 0.3) is 11.6 Å². The van der Waals surface area contributed by atoms with E-state index in [1.165, 1.54) is 0 Å². The molecule has 0 spiro atoms. The van der Waals surface area contributed by atoms with Gasteiger partial charge in [0.1, 0.15) is 6.04 Å². The van der Waals surface area contributed by atoms with Crippen molar-refractivity contribution in [3.8, 4) is 0 Å². The summed E-state index contributed by atoms with van der Waals surface area (Å²) in [5.41, 5.74) is 4.21. The molecule has 0 unspecified atom stereocenters. The average molecular weight is 316 g/mol. The number of carboxylic acid groups (broad SMARTS) is 1. The van der Waals surface area contributed by atoms with E-state index in [2.05, 4.69) is 0 Å². The van der Waals surface area contributed by atoms with E-state index < -0.39 is 35.2 Å². The molecule has 0 bridgehead atoms. The number of carbonyl (C=O) groups excluding carboxylic acids is 2. The third-order valence-electron chi connectivity index (χ3n) is 2.41. The van der Waals surface area contributed by atoms with Crippen LogP contribution in [0.5, 0.6) is 0 Å². The Labute approximate surface area is 122 Å². The summed E-state index contributed by atoms with van der Waals surface area (Å²) >= 11 is 5.74. The summed E-state index contributed by atoms with van der Waals surface area (Å²) < 4.78 is 0. The molecular formula is C11H10ClN3O6. The van der Waals surface area contributed by atoms with E-state index in [1.807, 2.05) is 5.32 Å². The number of aliphatic carboxylic acids is 1. The maximum atomic E-state index is 11.9. The van der Waals surface area contributed by atoms with E-state index in [-0.39, 0.29) is 16.3 Å². The highest BCUT2D eigenvalue weighted by Gasteiger charge is 2.24. The molecule has 0 fully saturated rings. The molecule has 0 saturated carbocycles. The molecule has 1 aromatic carbocycles. The van der Waals surface area contributed by atoms with E-state index >= 15 is 0 Å². The molecule has 0 saturated heterocycles. The molecule has 10 heteroatoms. The lowest BCUT2D eigenvalue weighted by Crippen LogP contribution is -2.43. The van der Waals surface area contributed by atoms with Gasteiger partial charge < -0.3 is 16.2 Å². The Morgan fingerprint density at radius 1 is 1.43 bits per heavy atom. The monoisotopic (exact) mass is 315 g/mol. The minimum atomic E-state index is -1.55. The minimum Gasteiger partial charge on any atom is -0.480 e. The molecule has 2 amide bonds. The van der Waals surface area contributed by atoms with Crippen LogP contribution in [0.1, 0.15) is 16.8 Å². The first-order valence-corrected chi connectivity index (χ1v) is 5.86. The molecule has 0 radical (unpaired) electrons. The maximum absolute atomic E-state index is 11.9. The van der Waals surface area contributed by atoms with E-state index in [1.54, 1.807) is 0 Å². The number of nitro benzene ring substituents is 1. The van der Waals surface area contributed by atoms with Gasteiger partial charge in [-0.25, -0.2) is 4.79 Å². The average Bonchev–Trinajstić information content (AvgIpc) is 2.37. The number of rotatable bonds is 6. The summed E-state index contributed by atoms with van der Waals surface area (Å²) in [7, 11) is 0. The normalized spacial score (nSPS) is 11.5. The Morgan fingerprint density at radius 3 is 2.52 bits per heavy atom. The zero-order chi connectivity index (χ0) is 16.2. The summed E-state index contributed by atoms with van der Waals surface area (Å²) in [5.74, 6) is -3.35. The highest BCUT2D eigenvalue weighted by molar-refractivity contribution is 6.34. The Balaban J connectivity index is 3.02. The highest BCUT2D eigenvalue weighted by Crippen LogP contribution is 2.22. The van der Waals surface area contributed by atoms with Gasteiger partial charge in [0.2, 0.25) is 5.91 Å². The maximum Gasteiger partial charge on any atom is 0.326 e. The van der Waals surface area contributed by atoms with E-state index in [4.69, 9.17) is 22.4 Å². The fraction of sp³-hybridized carbons (Fsp3) is 0.182. The van der Waals surface area contributed by atoms with Crippen LogP contribution >= 0.6 is 11.6 Å². The van der Waals surface area contributed by atoms with Gasteiger partial charge in [0.05, 0.1) is 21.9 Å². The third kappa shape index (κ3) is 4.42. The molecule has 0 aliphatic rings. The zero-order valence-electron chi connectivity index (χ0n) is 10.4.